The Hall–Kier alpha value is -1.84. The number of nitrogens with one attached hydrogen (secondary N) is 2. The first kappa shape index (κ1) is 20.9. The molecule has 1 unspecified atom stereocenters. The van der Waals surface area contributed by atoms with Gasteiger partial charge in [-0.3, -0.25) is 0 Å². The van der Waals surface area contributed by atoms with Gasteiger partial charge in [-0.05, 0) is 55.0 Å². The topological polar surface area (TPSA) is 71.1 Å². The zero-order valence-electron chi connectivity index (χ0n) is 14.9. The summed E-state index contributed by atoms with van der Waals surface area (Å²) in [7, 11) is -4.31. The van der Waals surface area contributed by atoms with Gasteiger partial charge in [0.1, 0.15) is 0 Å². The third-order valence-electron chi connectivity index (χ3n) is 4.63. The fourth-order valence-corrected chi connectivity index (χ4v) is 4.36. The molecule has 10 heteroatoms. The predicted molar refractivity (Wildman–Crippen MR) is 101 cm³/mol. The van der Waals surface area contributed by atoms with Crippen molar-refractivity contribution in [3.05, 3.63) is 47.2 Å². The smallest absolute Gasteiger partial charge is 0.353 e. The van der Waals surface area contributed by atoms with Gasteiger partial charge in [0.05, 0.1) is 16.1 Å². The molecule has 1 fully saturated rings. The van der Waals surface area contributed by atoms with Crippen molar-refractivity contribution in [1.29, 1.82) is 0 Å². The maximum Gasteiger partial charge on any atom is 0.417 e. The summed E-state index contributed by atoms with van der Waals surface area (Å²) < 4.78 is 68.0. The highest BCUT2D eigenvalue weighted by atomic mass is 35.5. The van der Waals surface area contributed by atoms with Crippen LogP contribution in [-0.2, 0) is 16.2 Å². The second-order valence-corrected chi connectivity index (χ2v) is 8.94. The minimum Gasteiger partial charge on any atom is -0.353 e. The number of anilines is 2. The van der Waals surface area contributed by atoms with Gasteiger partial charge in [0.2, 0.25) is 10.0 Å². The average Bonchev–Trinajstić information content (AvgIpc) is 3.46. The molecular weight excluding hydrogens is 415 g/mol. The van der Waals surface area contributed by atoms with Gasteiger partial charge in [-0.15, -0.1) is 0 Å². The van der Waals surface area contributed by atoms with Crippen LogP contribution in [0.25, 0.3) is 0 Å². The molecule has 1 aromatic carbocycles. The number of alkyl halides is 3. The predicted octanol–water partition coefficient (Wildman–Crippen LogP) is 4.82. The van der Waals surface area contributed by atoms with Gasteiger partial charge >= 0.3 is 6.18 Å². The molecule has 0 spiro atoms. The standard InChI is InChI=1S/C18H19ClF3N3O2S/c1-11(12-4-5-12)10-24-28(26,27)16-7-6-13(9-14(16)18(20,21)22)25-15-3-2-8-23-17(15)19/h2-3,6-9,11-12,24-25H,4-5,10H2,1H3. The highest BCUT2D eigenvalue weighted by Crippen LogP contribution is 2.38. The summed E-state index contributed by atoms with van der Waals surface area (Å²) in [4.78, 5) is 3.04. The van der Waals surface area contributed by atoms with Gasteiger partial charge in [0, 0.05) is 18.4 Å². The minimum absolute atomic E-state index is 0.0486. The molecule has 2 aromatic rings. The molecule has 5 nitrogen and oxygen atoms in total. The van der Waals surface area contributed by atoms with Crippen molar-refractivity contribution in [2.45, 2.75) is 30.8 Å². The van der Waals surface area contributed by atoms with E-state index in [4.69, 9.17) is 11.6 Å². The van der Waals surface area contributed by atoms with E-state index in [0.29, 0.717) is 11.6 Å². The molecule has 1 aliphatic rings. The maximum absolute atomic E-state index is 13.6. The lowest BCUT2D eigenvalue weighted by molar-refractivity contribution is -0.139. The summed E-state index contributed by atoms with van der Waals surface area (Å²) in [5.74, 6) is 0.512. The highest BCUT2D eigenvalue weighted by Gasteiger charge is 2.38. The number of sulfonamides is 1. The zero-order chi connectivity index (χ0) is 20.5. The molecule has 152 valence electrons. The molecule has 1 aromatic heterocycles. The minimum atomic E-state index is -4.84. The average molecular weight is 434 g/mol. The van der Waals surface area contributed by atoms with Crippen LogP contribution >= 0.6 is 11.6 Å². The first-order chi connectivity index (χ1) is 13.1. The number of hydrogen-bond acceptors (Lipinski definition) is 4. The Morgan fingerprint density at radius 2 is 2.00 bits per heavy atom. The number of hydrogen-bond donors (Lipinski definition) is 2. The Labute approximate surface area is 166 Å². The van der Waals surface area contributed by atoms with Crippen molar-refractivity contribution in [2.24, 2.45) is 11.8 Å². The van der Waals surface area contributed by atoms with Crippen LogP contribution in [0.15, 0.2) is 41.4 Å². The molecule has 3 rings (SSSR count). The summed E-state index contributed by atoms with van der Waals surface area (Å²) in [6.07, 6.45) is -1.36. The number of rotatable bonds is 7. The molecule has 2 N–H and O–H groups in total. The molecule has 1 aliphatic carbocycles. The monoisotopic (exact) mass is 433 g/mol. The molecule has 0 amide bonds. The van der Waals surface area contributed by atoms with E-state index in [1.807, 2.05) is 6.92 Å². The number of halogens is 4. The number of aromatic nitrogens is 1. The summed E-state index contributed by atoms with van der Waals surface area (Å²) >= 11 is 5.91. The largest absolute Gasteiger partial charge is 0.417 e. The first-order valence-electron chi connectivity index (χ1n) is 8.66. The van der Waals surface area contributed by atoms with Crippen LogP contribution in [0.4, 0.5) is 24.5 Å². The quantitative estimate of drug-likeness (QED) is 0.614. The molecule has 0 aliphatic heterocycles. The van der Waals surface area contributed by atoms with Crippen molar-refractivity contribution in [1.82, 2.24) is 9.71 Å². The van der Waals surface area contributed by atoms with Crippen molar-refractivity contribution in [2.75, 3.05) is 11.9 Å². The summed E-state index contributed by atoms with van der Waals surface area (Å²) in [5.41, 5.74) is -0.888. The SMILES string of the molecule is CC(CNS(=O)(=O)c1ccc(Nc2cccnc2Cl)cc1C(F)(F)F)C1CC1. The second-order valence-electron chi connectivity index (χ2n) is 6.84. The normalized spacial score (nSPS) is 16.0. The molecule has 1 saturated carbocycles. The Bertz CT molecular complexity index is 963. The van der Waals surface area contributed by atoms with Crippen LogP contribution in [0.2, 0.25) is 5.15 Å². The highest BCUT2D eigenvalue weighted by molar-refractivity contribution is 7.89. The third-order valence-corrected chi connectivity index (χ3v) is 6.42. The van der Waals surface area contributed by atoms with Crippen LogP contribution in [0.3, 0.4) is 0 Å². The van der Waals surface area contributed by atoms with Gasteiger partial charge < -0.3 is 5.32 Å². The molecule has 0 radical (unpaired) electrons. The van der Waals surface area contributed by atoms with Crippen molar-refractivity contribution < 1.29 is 21.6 Å². The Kier molecular flexibility index (Phi) is 5.88. The lowest BCUT2D eigenvalue weighted by atomic mass is 10.1. The van der Waals surface area contributed by atoms with Gasteiger partial charge in [0.15, 0.2) is 5.15 Å². The Morgan fingerprint density at radius 3 is 2.61 bits per heavy atom. The molecule has 1 atom stereocenters. The van der Waals surface area contributed by atoms with Crippen molar-refractivity contribution >= 4 is 33.0 Å². The second kappa shape index (κ2) is 7.88. The molecule has 0 saturated heterocycles. The van der Waals surface area contributed by atoms with Crippen LogP contribution in [0, 0.1) is 11.8 Å². The molecule has 1 heterocycles. The van der Waals surface area contributed by atoms with E-state index in [1.165, 1.54) is 12.3 Å². The van der Waals surface area contributed by atoms with E-state index in [1.54, 1.807) is 12.1 Å². The van der Waals surface area contributed by atoms with Crippen molar-refractivity contribution in [3.8, 4) is 0 Å². The van der Waals surface area contributed by atoms with E-state index in [0.717, 1.165) is 25.0 Å². The molecule has 28 heavy (non-hydrogen) atoms. The van der Waals surface area contributed by atoms with E-state index in [9.17, 15) is 21.6 Å². The summed E-state index contributed by atoms with van der Waals surface area (Å²) in [6.45, 7) is 1.99. The third kappa shape index (κ3) is 4.95. The van der Waals surface area contributed by atoms with Gasteiger partial charge in [0.25, 0.3) is 0 Å². The number of pyridine rings is 1. The molecular formula is C18H19ClF3N3O2S. The zero-order valence-corrected chi connectivity index (χ0v) is 16.5. The number of benzene rings is 1. The summed E-state index contributed by atoms with van der Waals surface area (Å²) in [6, 6.07) is 6.08. The first-order valence-corrected chi connectivity index (χ1v) is 10.5. The van der Waals surface area contributed by atoms with Crippen LogP contribution in [-0.4, -0.2) is 19.9 Å². The van der Waals surface area contributed by atoms with E-state index >= 15 is 0 Å². The fraction of sp³-hybridized carbons (Fsp3) is 0.389. The van der Waals surface area contributed by atoms with Crippen LogP contribution < -0.4 is 10.0 Å². The van der Waals surface area contributed by atoms with Crippen LogP contribution in [0.5, 0.6) is 0 Å². The van der Waals surface area contributed by atoms with E-state index < -0.39 is 26.7 Å². The van der Waals surface area contributed by atoms with Gasteiger partial charge in [-0.25, -0.2) is 18.1 Å². The van der Waals surface area contributed by atoms with E-state index in [-0.39, 0.29) is 23.3 Å². The Morgan fingerprint density at radius 1 is 1.29 bits per heavy atom. The van der Waals surface area contributed by atoms with Crippen LogP contribution in [0.1, 0.15) is 25.3 Å². The Balaban J connectivity index is 1.89. The summed E-state index contributed by atoms with van der Waals surface area (Å²) in [5, 5.41) is 2.81. The van der Waals surface area contributed by atoms with Gasteiger partial charge in [-0.2, -0.15) is 13.2 Å². The van der Waals surface area contributed by atoms with E-state index in [2.05, 4.69) is 15.0 Å². The van der Waals surface area contributed by atoms with Crippen molar-refractivity contribution in [3.63, 3.8) is 0 Å². The van der Waals surface area contributed by atoms with Gasteiger partial charge in [-0.1, -0.05) is 18.5 Å². The lowest BCUT2D eigenvalue weighted by Crippen LogP contribution is -2.30. The fourth-order valence-electron chi connectivity index (χ4n) is 2.85. The molecule has 0 bridgehead atoms. The number of nitrogens with zero attached hydrogens (tertiary/aromatic N) is 1. The maximum atomic E-state index is 13.6. The lowest BCUT2D eigenvalue weighted by Gasteiger charge is -2.17.